The van der Waals surface area contributed by atoms with E-state index in [9.17, 15) is 0 Å². The normalized spacial score (nSPS) is 10.3. The van der Waals surface area contributed by atoms with Gasteiger partial charge in [0.1, 0.15) is 27.5 Å². The quantitative estimate of drug-likeness (QED) is 0.720. The largest absolute Gasteiger partial charge is 0.242 e. The molecule has 0 atom stereocenters. The number of nitrogens with zero attached hydrogens (tertiary/aromatic N) is 4. The van der Waals surface area contributed by atoms with Crippen LogP contribution >= 0.6 is 34.0 Å². The predicted octanol–water partition coefficient (Wildman–Crippen LogP) is 3.26. The third-order valence-electron chi connectivity index (χ3n) is 1.99. The van der Waals surface area contributed by atoms with E-state index in [1.165, 1.54) is 22.7 Å². The summed E-state index contributed by atoms with van der Waals surface area (Å²) in [5.41, 5.74) is 3.93. The van der Waals surface area contributed by atoms with E-state index in [1.54, 1.807) is 22.2 Å². The van der Waals surface area contributed by atoms with Crippen molar-refractivity contribution in [2.45, 2.75) is 0 Å². The predicted molar refractivity (Wildman–Crippen MR) is 69.0 cm³/mol. The second-order valence-electron chi connectivity index (χ2n) is 3.06. The minimum absolute atomic E-state index is 0.438. The molecule has 0 spiro atoms. The van der Waals surface area contributed by atoms with E-state index in [0.29, 0.717) is 5.69 Å². The van der Waals surface area contributed by atoms with Gasteiger partial charge in [0.25, 0.3) is 0 Å². The van der Waals surface area contributed by atoms with Crippen molar-refractivity contribution in [3.63, 3.8) is 0 Å². The van der Waals surface area contributed by atoms with Crippen molar-refractivity contribution in [1.29, 1.82) is 5.26 Å². The number of aromatic nitrogens is 3. The van der Waals surface area contributed by atoms with Gasteiger partial charge in [-0.25, -0.2) is 15.0 Å². The van der Waals surface area contributed by atoms with Gasteiger partial charge in [-0.15, -0.1) is 34.0 Å². The van der Waals surface area contributed by atoms with Gasteiger partial charge < -0.3 is 0 Å². The minimum Gasteiger partial charge on any atom is -0.242 e. The third-order valence-corrected chi connectivity index (χ3v) is 4.31. The lowest BCUT2D eigenvalue weighted by atomic mass is 10.5. The molecule has 0 aromatic carbocycles. The van der Waals surface area contributed by atoms with Crippen LogP contribution in [-0.4, -0.2) is 15.0 Å². The Morgan fingerprint density at radius 3 is 2.53 bits per heavy atom. The molecule has 0 aliphatic heterocycles. The van der Waals surface area contributed by atoms with Crippen LogP contribution in [-0.2, 0) is 0 Å². The van der Waals surface area contributed by atoms with Gasteiger partial charge in [-0.05, 0) is 0 Å². The maximum absolute atomic E-state index is 8.72. The van der Waals surface area contributed by atoms with Crippen molar-refractivity contribution in [3.8, 4) is 27.5 Å². The highest BCUT2D eigenvalue weighted by Gasteiger charge is 2.11. The first kappa shape index (κ1) is 10.5. The smallest absolute Gasteiger partial charge is 0.152 e. The third kappa shape index (κ3) is 1.98. The maximum Gasteiger partial charge on any atom is 0.152 e. The van der Waals surface area contributed by atoms with Crippen LogP contribution in [0.5, 0.6) is 0 Å². The molecular formula is C10H4N4S3. The van der Waals surface area contributed by atoms with Crippen molar-refractivity contribution in [3.05, 3.63) is 27.3 Å². The van der Waals surface area contributed by atoms with E-state index in [4.69, 9.17) is 5.26 Å². The molecule has 0 N–H and O–H groups in total. The standard InChI is InChI=1S/C10H4N4S3/c11-1-6-2-16-10(13-6)8-4-17-9(14-8)7-3-15-5-12-7/h2-5H. The molecule has 0 saturated carbocycles. The van der Waals surface area contributed by atoms with Crippen LogP contribution in [0.2, 0.25) is 0 Å². The van der Waals surface area contributed by atoms with E-state index in [0.717, 1.165) is 21.4 Å². The Labute approximate surface area is 109 Å². The number of hydrogen-bond acceptors (Lipinski definition) is 7. The van der Waals surface area contributed by atoms with Crippen molar-refractivity contribution in [2.75, 3.05) is 0 Å². The lowest BCUT2D eigenvalue weighted by Crippen LogP contribution is -1.79. The van der Waals surface area contributed by atoms with Crippen molar-refractivity contribution in [1.82, 2.24) is 15.0 Å². The monoisotopic (exact) mass is 276 g/mol. The van der Waals surface area contributed by atoms with Gasteiger partial charge >= 0.3 is 0 Å². The van der Waals surface area contributed by atoms with Gasteiger partial charge in [0.15, 0.2) is 5.69 Å². The molecule has 0 saturated heterocycles. The van der Waals surface area contributed by atoms with Crippen LogP contribution < -0.4 is 0 Å². The van der Waals surface area contributed by atoms with Gasteiger partial charge in [-0.3, -0.25) is 0 Å². The molecule has 0 unspecified atom stereocenters. The van der Waals surface area contributed by atoms with Crippen LogP contribution in [0.15, 0.2) is 21.7 Å². The van der Waals surface area contributed by atoms with Gasteiger partial charge in [0.05, 0.1) is 5.51 Å². The summed E-state index contributed by atoms with van der Waals surface area (Å²) in [4.78, 5) is 12.9. The van der Waals surface area contributed by atoms with Gasteiger partial charge in [0.2, 0.25) is 0 Å². The first-order valence-corrected chi connectivity index (χ1v) is 7.27. The van der Waals surface area contributed by atoms with Gasteiger partial charge in [-0.2, -0.15) is 5.26 Å². The van der Waals surface area contributed by atoms with E-state index in [-0.39, 0.29) is 0 Å². The molecule has 3 aromatic rings. The molecule has 0 aliphatic carbocycles. The zero-order chi connectivity index (χ0) is 11.7. The van der Waals surface area contributed by atoms with Gasteiger partial charge in [0, 0.05) is 16.1 Å². The average molecular weight is 276 g/mol. The van der Waals surface area contributed by atoms with Crippen molar-refractivity contribution < 1.29 is 0 Å². The van der Waals surface area contributed by atoms with Gasteiger partial charge in [-0.1, -0.05) is 0 Å². The summed E-state index contributed by atoms with van der Waals surface area (Å²) in [5, 5.41) is 16.0. The molecule has 0 aliphatic rings. The van der Waals surface area contributed by atoms with Crippen LogP contribution in [0.1, 0.15) is 5.69 Å². The average Bonchev–Trinajstić information content (AvgIpc) is 3.09. The van der Waals surface area contributed by atoms with Crippen molar-refractivity contribution >= 4 is 34.0 Å². The van der Waals surface area contributed by atoms with Crippen LogP contribution in [0, 0.1) is 11.3 Å². The molecule has 3 aromatic heterocycles. The topological polar surface area (TPSA) is 62.5 Å². The summed E-state index contributed by atoms with van der Waals surface area (Å²) >= 11 is 4.51. The number of rotatable bonds is 2. The fourth-order valence-electron chi connectivity index (χ4n) is 1.25. The molecule has 17 heavy (non-hydrogen) atoms. The first-order valence-electron chi connectivity index (χ1n) is 4.57. The van der Waals surface area contributed by atoms with E-state index < -0.39 is 0 Å². The molecule has 4 nitrogen and oxygen atoms in total. The molecule has 0 fully saturated rings. The first-order chi connectivity index (χ1) is 8.36. The minimum atomic E-state index is 0.438. The second kappa shape index (κ2) is 4.33. The van der Waals surface area contributed by atoms with E-state index in [1.807, 2.05) is 16.8 Å². The zero-order valence-corrected chi connectivity index (χ0v) is 10.8. The highest BCUT2D eigenvalue weighted by molar-refractivity contribution is 7.15. The number of hydrogen-bond donors (Lipinski definition) is 0. The lowest BCUT2D eigenvalue weighted by molar-refractivity contribution is 1.29. The Bertz CT molecular complexity index is 675. The Kier molecular flexibility index (Phi) is 2.68. The summed E-state index contributed by atoms with van der Waals surface area (Å²) < 4.78 is 0. The van der Waals surface area contributed by atoms with Crippen LogP contribution in [0.25, 0.3) is 21.4 Å². The summed E-state index contributed by atoms with van der Waals surface area (Å²) in [6.07, 6.45) is 0. The highest BCUT2D eigenvalue weighted by atomic mass is 32.1. The molecule has 0 bridgehead atoms. The van der Waals surface area contributed by atoms with Crippen LogP contribution in [0.4, 0.5) is 0 Å². The Hall–Kier alpha value is -1.62. The summed E-state index contributed by atoms with van der Waals surface area (Å²) in [5.74, 6) is 0. The summed E-state index contributed by atoms with van der Waals surface area (Å²) in [6.45, 7) is 0. The fraction of sp³-hybridized carbons (Fsp3) is 0. The molecule has 3 rings (SSSR count). The molecule has 3 heterocycles. The zero-order valence-electron chi connectivity index (χ0n) is 8.32. The second-order valence-corrected chi connectivity index (χ2v) is 5.50. The fourth-order valence-corrected chi connectivity index (χ4v) is 3.41. The van der Waals surface area contributed by atoms with Crippen molar-refractivity contribution in [2.24, 2.45) is 0 Å². The Morgan fingerprint density at radius 1 is 1.00 bits per heavy atom. The SMILES string of the molecule is N#Cc1csc(-c2csc(-c3cscn3)n2)n1. The lowest BCUT2D eigenvalue weighted by Gasteiger charge is -1.87. The Balaban J connectivity index is 1.98. The number of thiazole rings is 3. The Morgan fingerprint density at radius 2 is 1.82 bits per heavy atom. The molecule has 0 amide bonds. The molecule has 82 valence electrons. The number of nitriles is 1. The van der Waals surface area contributed by atoms with Crippen LogP contribution in [0.3, 0.4) is 0 Å². The highest BCUT2D eigenvalue weighted by Crippen LogP contribution is 2.30. The molecular weight excluding hydrogens is 272 g/mol. The maximum atomic E-state index is 8.72. The van der Waals surface area contributed by atoms with E-state index in [2.05, 4.69) is 15.0 Å². The summed E-state index contributed by atoms with van der Waals surface area (Å²) in [7, 11) is 0. The molecule has 0 radical (unpaired) electrons. The van der Waals surface area contributed by atoms with E-state index >= 15 is 0 Å². The summed E-state index contributed by atoms with van der Waals surface area (Å²) in [6, 6.07) is 2.02. The molecule has 7 heteroatoms.